The molecule has 2 aliphatic heterocycles. The number of amides is 1. The van der Waals surface area contributed by atoms with Crippen LogP contribution in [0, 0.1) is 0 Å². The fourth-order valence-corrected chi connectivity index (χ4v) is 2.31. The van der Waals surface area contributed by atoms with Gasteiger partial charge in [-0.1, -0.05) is 11.6 Å². The lowest BCUT2D eigenvalue weighted by atomic mass is 10.2. The number of carbonyl (C=O) groups is 1. The van der Waals surface area contributed by atoms with Gasteiger partial charge in [-0.05, 0) is 0 Å². The zero-order valence-electron chi connectivity index (χ0n) is 10.8. The van der Waals surface area contributed by atoms with Gasteiger partial charge >= 0.3 is 0 Å². The molecule has 0 bridgehead atoms. The van der Waals surface area contributed by atoms with Gasteiger partial charge in [-0.25, -0.2) is 0 Å². The average Bonchev–Trinajstić information content (AvgIpc) is 2.49. The molecular weight excluding hydrogens is 284 g/mol. The Morgan fingerprint density at radius 1 is 1.25 bits per heavy atom. The van der Waals surface area contributed by atoms with Crippen molar-refractivity contribution in [1.29, 1.82) is 0 Å². The fraction of sp³-hybridized carbons (Fsp3) is 0.462. The second-order valence-corrected chi connectivity index (χ2v) is 4.94. The van der Waals surface area contributed by atoms with E-state index in [1.807, 2.05) is 0 Å². The monoisotopic (exact) mass is 298 g/mol. The van der Waals surface area contributed by atoms with Crippen molar-refractivity contribution >= 4 is 23.2 Å². The van der Waals surface area contributed by atoms with E-state index in [9.17, 15) is 4.79 Å². The minimum absolute atomic E-state index is 0.226. The maximum atomic E-state index is 12.1. The third-order valence-corrected chi connectivity index (χ3v) is 3.42. The fourth-order valence-electron chi connectivity index (χ4n) is 2.11. The molecule has 1 atom stereocenters. The maximum Gasteiger partial charge on any atom is 0.254 e. The first-order valence-electron chi connectivity index (χ1n) is 6.46. The zero-order chi connectivity index (χ0) is 13.9. The highest BCUT2D eigenvalue weighted by Crippen LogP contribution is 2.37. The Labute approximate surface area is 121 Å². The van der Waals surface area contributed by atoms with Gasteiger partial charge in [0, 0.05) is 25.2 Å². The lowest BCUT2D eigenvalue weighted by Crippen LogP contribution is -2.45. The minimum atomic E-state index is -0.506. The van der Waals surface area contributed by atoms with E-state index in [4.69, 9.17) is 25.8 Å². The molecule has 6 nitrogen and oxygen atoms in total. The zero-order valence-corrected chi connectivity index (χ0v) is 11.5. The van der Waals surface area contributed by atoms with Crippen LogP contribution in [0.3, 0.4) is 0 Å². The van der Waals surface area contributed by atoms with E-state index in [2.05, 4.69) is 10.6 Å². The van der Waals surface area contributed by atoms with Crippen molar-refractivity contribution < 1.29 is 19.0 Å². The van der Waals surface area contributed by atoms with Crippen LogP contribution >= 0.6 is 11.6 Å². The third-order valence-electron chi connectivity index (χ3n) is 3.11. The first kappa shape index (κ1) is 13.5. The lowest BCUT2D eigenvalue weighted by molar-refractivity contribution is -0.128. The summed E-state index contributed by atoms with van der Waals surface area (Å²) in [6, 6.07) is 3.32. The van der Waals surface area contributed by atoms with Crippen molar-refractivity contribution in [3.8, 4) is 11.5 Å². The number of benzene rings is 1. The van der Waals surface area contributed by atoms with Gasteiger partial charge in [0.15, 0.2) is 11.5 Å². The van der Waals surface area contributed by atoms with Gasteiger partial charge in [0.25, 0.3) is 5.91 Å². The van der Waals surface area contributed by atoms with Crippen molar-refractivity contribution in [3.05, 3.63) is 17.2 Å². The molecule has 20 heavy (non-hydrogen) atoms. The number of ether oxygens (including phenoxy) is 3. The molecule has 1 amide bonds. The summed E-state index contributed by atoms with van der Waals surface area (Å²) in [5.74, 6) is 0.948. The highest BCUT2D eigenvalue weighted by Gasteiger charge is 2.23. The summed E-state index contributed by atoms with van der Waals surface area (Å²) < 4.78 is 16.3. The molecule has 0 aromatic heterocycles. The van der Waals surface area contributed by atoms with Crippen LogP contribution in [0.4, 0.5) is 5.69 Å². The predicted octanol–water partition coefficient (Wildman–Crippen LogP) is 1.04. The van der Waals surface area contributed by atoms with Crippen molar-refractivity contribution in [2.45, 2.75) is 6.10 Å². The smallest absolute Gasteiger partial charge is 0.254 e. The number of hydrogen-bond donors (Lipinski definition) is 2. The number of hydrogen-bond acceptors (Lipinski definition) is 5. The Morgan fingerprint density at radius 2 is 2.00 bits per heavy atom. The summed E-state index contributed by atoms with van der Waals surface area (Å²) in [7, 11) is 0. The Kier molecular flexibility index (Phi) is 3.95. The van der Waals surface area contributed by atoms with E-state index in [0.29, 0.717) is 48.6 Å². The largest absolute Gasteiger partial charge is 0.486 e. The Balaban J connectivity index is 1.74. The number of morpholine rings is 1. The number of nitrogens with one attached hydrogen (secondary N) is 2. The molecule has 7 heteroatoms. The summed E-state index contributed by atoms with van der Waals surface area (Å²) in [4.78, 5) is 12.1. The van der Waals surface area contributed by atoms with Crippen LogP contribution < -0.4 is 20.1 Å². The lowest BCUT2D eigenvalue weighted by Gasteiger charge is -2.24. The van der Waals surface area contributed by atoms with Crippen LogP contribution in [0.1, 0.15) is 0 Å². The summed E-state index contributed by atoms with van der Waals surface area (Å²) in [6.45, 7) is 2.75. The van der Waals surface area contributed by atoms with Crippen molar-refractivity contribution in [1.82, 2.24) is 5.32 Å². The van der Waals surface area contributed by atoms with Gasteiger partial charge in [0.1, 0.15) is 19.3 Å². The normalized spacial score (nSPS) is 21.4. The van der Waals surface area contributed by atoms with Crippen molar-refractivity contribution in [2.24, 2.45) is 0 Å². The summed E-state index contributed by atoms with van der Waals surface area (Å²) in [5.41, 5.74) is 0.495. The molecule has 0 saturated carbocycles. The van der Waals surface area contributed by atoms with E-state index in [1.165, 1.54) is 0 Å². The molecule has 2 heterocycles. The topological polar surface area (TPSA) is 68.8 Å². The molecule has 1 aromatic rings. The number of carbonyl (C=O) groups excluding carboxylic acids is 1. The first-order chi connectivity index (χ1) is 9.74. The first-order valence-corrected chi connectivity index (χ1v) is 6.84. The van der Waals surface area contributed by atoms with E-state index >= 15 is 0 Å². The van der Waals surface area contributed by atoms with Crippen LogP contribution in [0.2, 0.25) is 5.02 Å². The molecule has 0 spiro atoms. The predicted molar refractivity (Wildman–Crippen MR) is 73.7 cm³/mol. The summed E-state index contributed by atoms with van der Waals surface area (Å²) >= 11 is 6.14. The highest BCUT2D eigenvalue weighted by atomic mass is 35.5. The van der Waals surface area contributed by atoms with E-state index in [0.717, 1.165) is 6.54 Å². The molecule has 1 unspecified atom stereocenters. The quantitative estimate of drug-likeness (QED) is 0.854. The number of halogens is 1. The SMILES string of the molecule is O=C(Nc1cc2c(cc1Cl)OCCO2)C1CNCCO1. The standard InChI is InChI=1S/C13H15ClN2O4/c14-8-5-10-11(20-4-3-19-10)6-9(8)16-13(17)12-7-15-1-2-18-12/h5-6,12,15H,1-4,7H2,(H,16,17). The van der Waals surface area contributed by atoms with Gasteiger partial charge in [0.05, 0.1) is 17.3 Å². The minimum Gasteiger partial charge on any atom is -0.486 e. The molecular formula is C13H15ClN2O4. The van der Waals surface area contributed by atoms with Gasteiger partial charge in [-0.15, -0.1) is 0 Å². The molecule has 1 saturated heterocycles. The van der Waals surface area contributed by atoms with Gasteiger partial charge < -0.3 is 24.8 Å². The maximum absolute atomic E-state index is 12.1. The van der Waals surface area contributed by atoms with E-state index in [1.54, 1.807) is 12.1 Å². The molecule has 1 fully saturated rings. The van der Waals surface area contributed by atoms with Crippen LogP contribution in [-0.4, -0.2) is 44.9 Å². The number of anilines is 1. The van der Waals surface area contributed by atoms with E-state index in [-0.39, 0.29) is 5.91 Å². The van der Waals surface area contributed by atoms with Crippen LogP contribution in [0.15, 0.2) is 12.1 Å². The summed E-state index contributed by atoms with van der Waals surface area (Å²) in [5, 5.41) is 6.27. The average molecular weight is 299 g/mol. The van der Waals surface area contributed by atoms with Crippen LogP contribution in [-0.2, 0) is 9.53 Å². The van der Waals surface area contributed by atoms with Gasteiger partial charge in [-0.2, -0.15) is 0 Å². The third kappa shape index (κ3) is 2.82. The Bertz CT molecular complexity index is 517. The molecule has 108 valence electrons. The molecule has 2 N–H and O–H groups in total. The molecule has 1 aromatic carbocycles. The van der Waals surface area contributed by atoms with Crippen LogP contribution in [0.25, 0.3) is 0 Å². The Morgan fingerprint density at radius 3 is 2.70 bits per heavy atom. The molecule has 0 aliphatic carbocycles. The summed E-state index contributed by atoms with van der Waals surface area (Å²) in [6.07, 6.45) is -0.506. The highest BCUT2D eigenvalue weighted by molar-refractivity contribution is 6.34. The second-order valence-electron chi connectivity index (χ2n) is 4.53. The van der Waals surface area contributed by atoms with Gasteiger partial charge in [0.2, 0.25) is 0 Å². The number of fused-ring (bicyclic) bond motifs is 1. The second kappa shape index (κ2) is 5.87. The number of rotatable bonds is 2. The van der Waals surface area contributed by atoms with Crippen molar-refractivity contribution in [2.75, 3.05) is 38.2 Å². The van der Waals surface area contributed by atoms with Gasteiger partial charge in [-0.3, -0.25) is 4.79 Å². The molecule has 3 rings (SSSR count). The molecule has 2 aliphatic rings. The van der Waals surface area contributed by atoms with E-state index < -0.39 is 6.10 Å². The van der Waals surface area contributed by atoms with Crippen LogP contribution in [0.5, 0.6) is 11.5 Å². The van der Waals surface area contributed by atoms with Crippen molar-refractivity contribution in [3.63, 3.8) is 0 Å². The Hall–Kier alpha value is -1.50. The molecule has 0 radical (unpaired) electrons.